The normalized spacial score (nSPS) is 24.5. The van der Waals surface area contributed by atoms with Crippen LogP contribution < -0.4 is 20.5 Å². The maximum Gasteiger partial charge on any atom is 0.237 e. The zero-order valence-corrected chi connectivity index (χ0v) is 16.6. The van der Waals surface area contributed by atoms with Crippen LogP contribution in [0.5, 0.6) is 11.5 Å². The number of halogens is 1. The molecule has 1 fully saturated rings. The monoisotopic (exact) mass is 383 g/mol. The Kier molecular flexibility index (Phi) is 6.77. The van der Waals surface area contributed by atoms with Gasteiger partial charge in [0.1, 0.15) is 13.2 Å². The number of amides is 1. The van der Waals surface area contributed by atoms with Crippen molar-refractivity contribution in [2.45, 2.75) is 39.3 Å². The molecule has 3 atom stereocenters. The lowest BCUT2D eigenvalue weighted by molar-refractivity contribution is -0.126. The van der Waals surface area contributed by atoms with Crippen LogP contribution in [-0.4, -0.2) is 49.7 Å². The standard InChI is InChI=1S/C19H29N3O3.ClH/c1-13(15-4-5-16-17(10-15)25-9-8-24-16)21-18(23)14(2)22-7-6-19(3,11-20)12-22;/h4-5,10,13-14H,6-9,11-12,20H2,1-3H3,(H,21,23);1H. The molecule has 0 spiro atoms. The maximum atomic E-state index is 12.7. The van der Waals surface area contributed by atoms with Gasteiger partial charge in [-0.05, 0) is 56.5 Å². The van der Waals surface area contributed by atoms with Crippen molar-refractivity contribution in [3.8, 4) is 11.5 Å². The van der Waals surface area contributed by atoms with Crippen LogP contribution in [0, 0.1) is 5.41 Å². The van der Waals surface area contributed by atoms with E-state index in [2.05, 4.69) is 17.1 Å². The summed E-state index contributed by atoms with van der Waals surface area (Å²) in [5.41, 5.74) is 7.00. The number of nitrogens with one attached hydrogen (secondary N) is 1. The SMILES string of the molecule is CC(NC(=O)C(C)N1CCC(C)(CN)C1)c1ccc2c(c1)OCCO2.Cl. The largest absolute Gasteiger partial charge is 0.486 e. The van der Waals surface area contributed by atoms with E-state index in [9.17, 15) is 4.79 Å². The third kappa shape index (κ3) is 4.42. The summed E-state index contributed by atoms with van der Waals surface area (Å²) in [5.74, 6) is 1.56. The molecule has 6 nitrogen and oxygen atoms in total. The third-order valence-corrected chi connectivity index (χ3v) is 5.43. The average Bonchev–Trinajstić information content (AvgIpc) is 3.03. The summed E-state index contributed by atoms with van der Waals surface area (Å²) >= 11 is 0. The minimum absolute atomic E-state index is 0. The topological polar surface area (TPSA) is 76.8 Å². The van der Waals surface area contributed by atoms with Gasteiger partial charge in [0.15, 0.2) is 11.5 Å². The second kappa shape index (κ2) is 8.46. The van der Waals surface area contributed by atoms with Gasteiger partial charge in [0.25, 0.3) is 0 Å². The maximum absolute atomic E-state index is 12.7. The van der Waals surface area contributed by atoms with E-state index in [1.54, 1.807) is 0 Å². The van der Waals surface area contributed by atoms with Crippen LogP contribution >= 0.6 is 12.4 Å². The molecule has 2 aliphatic rings. The molecule has 3 unspecified atom stereocenters. The van der Waals surface area contributed by atoms with Crippen LogP contribution in [0.2, 0.25) is 0 Å². The molecule has 0 aromatic heterocycles. The zero-order valence-electron chi connectivity index (χ0n) is 15.8. The van der Waals surface area contributed by atoms with Gasteiger partial charge in [-0.2, -0.15) is 0 Å². The molecule has 0 aliphatic carbocycles. The van der Waals surface area contributed by atoms with Gasteiger partial charge < -0.3 is 20.5 Å². The number of likely N-dealkylation sites (tertiary alicyclic amines) is 1. The van der Waals surface area contributed by atoms with Gasteiger partial charge in [-0.25, -0.2) is 0 Å². The lowest BCUT2D eigenvalue weighted by Crippen LogP contribution is -2.45. The summed E-state index contributed by atoms with van der Waals surface area (Å²) in [6, 6.07) is 5.58. The molecule has 0 radical (unpaired) electrons. The summed E-state index contributed by atoms with van der Waals surface area (Å²) in [4.78, 5) is 14.9. The number of ether oxygens (including phenoxy) is 2. The van der Waals surface area contributed by atoms with E-state index in [4.69, 9.17) is 15.2 Å². The second-order valence-corrected chi connectivity index (χ2v) is 7.54. The number of rotatable bonds is 5. The number of hydrogen-bond acceptors (Lipinski definition) is 5. The quantitative estimate of drug-likeness (QED) is 0.814. The first-order valence-electron chi connectivity index (χ1n) is 9.06. The van der Waals surface area contributed by atoms with Crippen molar-refractivity contribution in [3.63, 3.8) is 0 Å². The molecule has 0 saturated carbocycles. The van der Waals surface area contributed by atoms with Crippen LogP contribution in [0.4, 0.5) is 0 Å². The number of fused-ring (bicyclic) bond motifs is 1. The number of benzene rings is 1. The molecule has 1 aromatic carbocycles. The van der Waals surface area contributed by atoms with E-state index in [1.807, 2.05) is 32.0 Å². The van der Waals surface area contributed by atoms with E-state index in [1.165, 1.54) is 0 Å². The summed E-state index contributed by atoms with van der Waals surface area (Å²) in [5, 5.41) is 3.12. The van der Waals surface area contributed by atoms with Crippen molar-refractivity contribution < 1.29 is 14.3 Å². The molecule has 0 bridgehead atoms. The highest BCUT2D eigenvalue weighted by Gasteiger charge is 2.36. The molecule has 26 heavy (non-hydrogen) atoms. The number of nitrogens with zero attached hydrogens (tertiary/aromatic N) is 1. The van der Waals surface area contributed by atoms with Crippen molar-refractivity contribution in [2.24, 2.45) is 11.1 Å². The highest BCUT2D eigenvalue weighted by atomic mass is 35.5. The lowest BCUT2D eigenvalue weighted by atomic mass is 9.90. The predicted octanol–water partition coefficient (Wildman–Crippen LogP) is 2.12. The van der Waals surface area contributed by atoms with E-state index < -0.39 is 0 Å². The fourth-order valence-electron chi connectivity index (χ4n) is 3.47. The first-order chi connectivity index (χ1) is 11.9. The molecule has 2 aliphatic heterocycles. The summed E-state index contributed by atoms with van der Waals surface area (Å²) in [6.07, 6.45) is 1.04. The van der Waals surface area contributed by atoms with Gasteiger partial charge in [-0.1, -0.05) is 13.0 Å². The van der Waals surface area contributed by atoms with Crippen molar-refractivity contribution in [1.29, 1.82) is 0 Å². The van der Waals surface area contributed by atoms with Gasteiger partial charge in [-0.3, -0.25) is 9.69 Å². The molecule has 146 valence electrons. The van der Waals surface area contributed by atoms with Gasteiger partial charge >= 0.3 is 0 Å². The van der Waals surface area contributed by atoms with Crippen LogP contribution in [0.3, 0.4) is 0 Å². The minimum Gasteiger partial charge on any atom is -0.486 e. The predicted molar refractivity (Wildman–Crippen MR) is 104 cm³/mol. The Hall–Kier alpha value is -1.50. The van der Waals surface area contributed by atoms with Crippen LogP contribution in [0.1, 0.15) is 38.8 Å². The molecular weight excluding hydrogens is 354 g/mol. The zero-order chi connectivity index (χ0) is 18.0. The first kappa shape index (κ1) is 20.8. The Balaban J connectivity index is 0.00000243. The summed E-state index contributed by atoms with van der Waals surface area (Å²) in [6.45, 7) is 9.73. The summed E-state index contributed by atoms with van der Waals surface area (Å²) in [7, 11) is 0. The van der Waals surface area contributed by atoms with Gasteiger partial charge in [0.05, 0.1) is 12.1 Å². The smallest absolute Gasteiger partial charge is 0.237 e. The highest BCUT2D eigenvalue weighted by molar-refractivity contribution is 5.85. The molecular formula is C19H30ClN3O3. The third-order valence-electron chi connectivity index (χ3n) is 5.43. The summed E-state index contributed by atoms with van der Waals surface area (Å²) < 4.78 is 11.2. The average molecular weight is 384 g/mol. The minimum atomic E-state index is -0.159. The fraction of sp³-hybridized carbons (Fsp3) is 0.632. The fourth-order valence-corrected chi connectivity index (χ4v) is 3.47. The molecule has 1 aromatic rings. The van der Waals surface area contributed by atoms with Crippen molar-refractivity contribution in [2.75, 3.05) is 32.8 Å². The Bertz CT molecular complexity index is 642. The van der Waals surface area contributed by atoms with E-state index in [0.717, 1.165) is 36.6 Å². The molecule has 2 heterocycles. The molecule has 7 heteroatoms. The van der Waals surface area contributed by atoms with Gasteiger partial charge in [0.2, 0.25) is 5.91 Å². The number of nitrogens with two attached hydrogens (primary N) is 1. The highest BCUT2D eigenvalue weighted by Crippen LogP contribution is 2.33. The number of hydrogen-bond donors (Lipinski definition) is 2. The number of carbonyl (C=O) groups excluding carboxylic acids is 1. The molecule has 1 amide bonds. The van der Waals surface area contributed by atoms with Crippen LogP contribution in [0.15, 0.2) is 18.2 Å². The van der Waals surface area contributed by atoms with Crippen molar-refractivity contribution in [3.05, 3.63) is 23.8 Å². The van der Waals surface area contributed by atoms with Crippen molar-refractivity contribution in [1.82, 2.24) is 10.2 Å². The van der Waals surface area contributed by atoms with Gasteiger partial charge in [0, 0.05) is 6.54 Å². The Morgan fingerprint density at radius 1 is 1.31 bits per heavy atom. The number of carbonyl (C=O) groups is 1. The molecule has 3 rings (SSSR count). The molecule has 3 N–H and O–H groups in total. The van der Waals surface area contributed by atoms with Crippen molar-refractivity contribution >= 4 is 18.3 Å². The Morgan fingerprint density at radius 2 is 2.00 bits per heavy atom. The first-order valence-corrected chi connectivity index (χ1v) is 9.06. The molecule has 1 saturated heterocycles. The van der Waals surface area contributed by atoms with E-state index in [-0.39, 0.29) is 35.8 Å². The Labute approximate surface area is 161 Å². The lowest BCUT2D eigenvalue weighted by Gasteiger charge is -2.28. The Morgan fingerprint density at radius 3 is 2.65 bits per heavy atom. The van der Waals surface area contributed by atoms with E-state index >= 15 is 0 Å². The van der Waals surface area contributed by atoms with E-state index in [0.29, 0.717) is 19.8 Å². The van der Waals surface area contributed by atoms with Crippen LogP contribution in [-0.2, 0) is 4.79 Å². The second-order valence-electron chi connectivity index (χ2n) is 7.54. The van der Waals surface area contributed by atoms with Gasteiger partial charge in [-0.15, -0.1) is 12.4 Å². The van der Waals surface area contributed by atoms with Crippen LogP contribution in [0.25, 0.3) is 0 Å².